The molecular formula is C12H15O3. The van der Waals surface area contributed by atoms with E-state index in [0.29, 0.717) is 13.0 Å². The van der Waals surface area contributed by atoms with E-state index in [1.165, 1.54) is 7.11 Å². The van der Waals surface area contributed by atoms with E-state index in [1.807, 2.05) is 24.3 Å². The van der Waals surface area contributed by atoms with Crippen molar-refractivity contribution in [3.05, 3.63) is 30.3 Å². The molecule has 0 N–H and O–H groups in total. The number of carbonyl (C=O) groups excluding carboxylic acids is 1. The highest BCUT2D eigenvalue weighted by atomic mass is 16.5. The zero-order valence-corrected chi connectivity index (χ0v) is 8.86. The second-order valence-corrected chi connectivity index (χ2v) is 3.12. The van der Waals surface area contributed by atoms with Crippen LogP contribution in [-0.4, -0.2) is 19.7 Å². The van der Waals surface area contributed by atoms with Crippen molar-refractivity contribution in [2.45, 2.75) is 19.3 Å². The van der Waals surface area contributed by atoms with Gasteiger partial charge in [-0.05, 0) is 31.0 Å². The summed E-state index contributed by atoms with van der Waals surface area (Å²) in [4.78, 5) is 10.8. The standard InChI is InChI=1S/C12H15O3/c1-14-12(13)9-5-6-10-15-11-7-3-2-4-8-11/h3-4,7-8H,5-6,9-10H2,1H3. The van der Waals surface area contributed by atoms with E-state index in [4.69, 9.17) is 4.74 Å². The van der Waals surface area contributed by atoms with Crippen molar-refractivity contribution >= 4 is 5.97 Å². The van der Waals surface area contributed by atoms with Gasteiger partial charge in [-0.3, -0.25) is 4.79 Å². The molecule has 3 heteroatoms. The first kappa shape index (κ1) is 11.6. The van der Waals surface area contributed by atoms with Gasteiger partial charge in [0.1, 0.15) is 5.75 Å². The fourth-order valence-electron chi connectivity index (χ4n) is 1.13. The average molecular weight is 207 g/mol. The van der Waals surface area contributed by atoms with Gasteiger partial charge in [0.25, 0.3) is 0 Å². The number of methoxy groups -OCH3 is 1. The smallest absolute Gasteiger partial charge is 0.305 e. The van der Waals surface area contributed by atoms with Crippen molar-refractivity contribution in [1.82, 2.24) is 0 Å². The Balaban J connectivity index is 2.05. The van der Waals surface area contributed by atoms with Crippen molar-refractivity contribution < 1.29 is 14.3 Å². The molecule has 1 aromatic rings. The number of carbonyl (C=O) groups is 1. The second kappa shape index (κ2) is 6.87. The van der Waals surface area contributed by atoms with E-state index in [0.717, 1.165) is 18.6 Å². The number of rotatable bonds is 6. The molecule has 1 aromatic carbocycles. The van der Waals surface area contributed by atoms with Gasteiger partial charge >= 0.3 is 5.97 Å². The molecule has 0 bridgehead atoms. The number of benzene rings is 1. The first-order valence-electron chi connectivity index (χ1n) is 4.98. The molecule has 0 atom stereocenters. The molecule has 0 saturated carbocycles. The Kier molecular flexibility index (Phi) is 5.30. The van der Waals surface area contributed by atoms with Crippen molar-refractivity contribution in [2.24, 2.45) is 0 Å². The summed E-state index contributed by atoms with van der Waals surface area (Å²) < 4.78 is 9.98. The van der Waals surface area contributed by atoms with E-state index >= 15 is 0 Å². The SMILES string of the molecule is COC(=O)CCCCOc1cc[c]cc1. The second-order valence-electron chi connectivity index (χ2n) is 3.12. The molecule has 0 aliphatic carbocycles. The molecule has 3 nitrogen and oxygen atoms in total. The van der Waals surface area contributed by atoms with Gasteiger partial charge in [0.15, 0.2) is 0 Å². The quantitative estimate of drug-likeness (QED) is 0.530. The third kappa shape index (κ3) is 5.05. The van der Waals surface area contributed by atoms with Gasteiger partial charge in [0.2, 0.25) is 0 Å². The van der Waals surface area contributed by atoms with Crippen LogP contribution in [-0.2, 0) is 9.53 Å². The Bertz CT molecular complexity index is 282. The monoisotopic (exact) mass is 207 g/mol. The van der Waals surface area contributed by atoms with Crippen LogP contribution in [0.25, 0.3) is 0 Å². The Morgan fingerprint density at radius 3 is 2.73 bits per heavy atom. The third-order valence-electron chi connectivity index (χ3n) is 1.96. The minimum Gasteiger partial charge on any atom is -0.494 e. The van der Waals surface area contributed by atoms with E-state index in [1.54, 1.807) is 0 Å². The zero-order valence-electron chi connectivity index (χ0n) is 8.86. The van der Waals surface area contributed by atoms with Crippen molar-refractivity contribution in [3.8, 4) is 5.75 Å². The van der Waals surface area contributed by atoms with Gasteiger partial charge < -0.3 is 9.47 Å². The third-order valence-corrected chi connectivity index (χ3v) is 1.96. The van der Waals surface area contributed by atoms with Crippen LogP contribution in [0.2, 0.25) is 0 Å². The summed E-state index contributed by atoms with van der Waals surface area (Å²) in [6.07, 6.45) is 2.11. The summed E-state index contributed by atoms with van der Waals surface area (Å²) in [6.45, 7) is 0.626. The largest absolute Gasteiger partial charge is 0.494 e. The van der Waals surface area contributed by atoms with E-state index in [9.17, 15) is 4.79 Å². The van der Waals surface area contributed by atoms with Gasteiger partial charge in [-0.2, -0.15) is 0 Å². The first-order valence-corrected chi connectivity index (χ1v) is 4.98. The lowest BCUT2D eigenvalue weighted by Gasteiger charge is -2.04. The van der Waals surface area contributed by atoms with Crippen LogP contribution < -0.4 is 4.74 Å². The van der Waals surface area contributed by atoms with E-state index < -0.39 is 0 Å². The fraction of sp³-hybridized carbons (Fsp3) is 0.417. The number of hydrogen-bond acceptors (Lipinski definition) is 3. The lowest BCUT2D eigenvalue weighted by Crippen LogP contribution is -2.02. The molecule has 15 heavy (non-hydrogen) atoms. The van der Waals surface area contributed by atoms with Gasteiger partial charge in [-0.25, -0.2) is 0 Å². The van der Waals surface area contributed by atoms with Crippen molar-refractivity contribution in [3.63, 3.8) is 0 Å². The van der Waals surface area contributed by atoms with Crippen molar-refractivity contribution in [1.29, 1.82) is 0 Å². The van der Waals surface area contributed by atoms with Crippen LogP contribution in [0.4, 0.5) is 0 Å². The van der Waals surface area contributed by atoms with Gasteiger partial charge in [-0.1, -0.05) is 12.1 Å². The summed E-state index contributed by atoms with van der Waals surface area (Å²) >= 11 is 0. The molecule has 0 fully saturated rings. The maximum Gasteiger partial charge on any atom is 0.305 e. The normalized spacial score (nSPS) is 9.67. The topological polar surface area (TPSA) is 35.5 Å². The molecule has 81 valence electrons. The molecule has 0 spiro atoms. The highest BCUT2D eigenvalue weighted by molar-refractivity contribution is 5.68. The molecule has 0 aliphatic heterocycles. The molecule has 1 radical (unpaired) electrons. The number of esters is 1. The Labute approximate surface area is 90.0 Å². The average Bonchev–Trinajstić information content (AvgIpc) is 2.29. The highest BCUT2D eigenvalue weighted by Crippen LogP contribution is 2.08. The zero-order chi connectivity index (χ0) is 10.9. The Morgan fingerprint density at radius 1 is 1.33 bits per heavy atom. The molecule has 0 aromatic heterocycles. The number of unbranched alkanes of at least 4 members (excludes halogenated alkanes) is 1. The lowest BCUT2D eigenvalue weighted by molar-refractivity contribution is -0.140. The molecule has 0 amide bonds. The maximum atomic E-state index is 10.8. The predicted octanol–water partition coefficient (Wildman–Crippen LogP) is 2.21. The van der Waals surface area contributed by atoms with Crippen LogP contribution in [0, 0.1) is 6.07 Å². The Morgan fingerprint density at radius 2 is 2.07 bits per heavy atom. The van der Waals surface area contributed by atoms with Gasteiger partial charge in [-0.15, -0.1) is 0 Å². The fourth-order valence-corrected chi connectivity index (χ4v) is 1.13. The summed E-state index contributed by atoms with van der Waals surface area (Å²) in [5, 5.41) is 0. The molecule has 0 aliphatic rings. The molecular weight excluding hydrogens is 192 g/mol. The molecule has 1 rings (SSSR count). The van der Waals surface area contributed by atoms with Crippen LogP contribution in [0.3, 0.4) is 0 Å². The Hall–Kier alpha value is -1.51. The van der Waals surface area contributed by atoms with E-state index in [2.05, 4.69) is 10.8 Å². The van der Waals surface area contributed by atoms with Gasteiger partial charge in [0.05, 0.1) is 13.7 Å². The molecule has 0 unspecified atom stereocenters. The van der Waals surface area contributed by atoms with Crippen LogP contribution >= 0.6 is 0 Å². The minimum absolute atomic E-state index is 0.163. The summed E-state index contributed by atoms with van der Waals surface area (Å²) in [5.41, 5.74) is 0. The number of ether oxygens (including phenoxy) is 2. The van der Waals surface area contributed by atoms with Crippen LogP contribution in [0.1, 0.15) is 19.3 Å². The maximum absolute atomic E-state index is 10.8. The molecule has 0 heterocycles. The van der Waals surface area contributed by atoms with E-state index in [-0.39, 0.29) is 5.97 Å². The minimum atomic E-state index is -0.163. The molecule has 0 saturated heterocycles. The van der Waals surface area contributed by atoms with Gasteiger partial charge in [0, 0.05) is 6.42 Å². The van der Waals surface area contributed by atoms with Crippen molar-refractivity contribution in [2.75, 3.05) is 13.7 Å². The summed E-state index contributed by atoms with van der Waals surface area (Å²) in [6, 6.07) is 10.3. The van der Waals surface area contributed by atoms with Crippen LogP contribution in [0.15, 0.2) is 24.3 Å². The summed E-state index contributed by atoms with van der Waals surface area (Å²) in [7, 11) is 1.40. The van der Waals surface area contributed by atoms with Crippen LogP contribution in [0.5, 0.6) is 5.75 Å². The predicted molar refractivity (Wildman–Crippen MR) is 56.6 cm³/mol. The first-order chi connectivity index (χ1) is 7.33. The summed E-state index contributed by atoms with van der Waals surface area (Å²) in [5.74, 6) is 0.677. The lowest BCUT2D eigenvalue weighted by atomic mass is 10.2. The highest BCUT2D eigenvalue weighted by Gasteiger charge is 1.99. The number of hydrogen-bond donors (Lipinski definition) is 0.